The number of amides is 2. The highest BCUT2D eigenvalue weighted by Crippen LogP contribution is 2.25. The van der Waals surface area contributed by atoms with Gasteiger partial charge in [0.25, 0.3) is 0 Å². The Labute approximate surface area is 108 Å². The molecular formula is C10H10Cl2N2O3. The molecule has 0 fully saturated rings. The minimum absolute atomic E-state index is 0.00946. The van der Waals surface area contributed by atoms with E-state index < -0.39 is 11.8 Å². The van der Waals surface area contributed by atoms with Crippen LogP contribution in [0.1, 0.15) is 0 Å². The van der Waals surface area contributed by atoms with Gasteiger partial charge in [0.15, 0.2) is 0 Å². The average molecular weight is 277 g/mol. The first-order valence-electron chi connectivity index (χ1n) is 4.69. The highest BCUT2D eigenvalue weighted by Gasteiger charge is 2.14. The number of hydrogen-bond donors (Lipinski definition) is 3. The molecule has 0 bridgehead atoms. The third-order valence-electron chi connectivity index (χ3n) is 1.78. The Hall–Kier alpha value is -1.30. The Kier molecular flexibility index (Phi) is 5.21. The fourth-order valence-corrected chi connectivity index (χ4v) is 1.36. The van der Waals surface area contributed by atoms with Crippen LogP contribution >= 0.6 is 23.2 Å². The van der Waals surface area contributed by atoms with Gasteiger partial charge >= 0.3 is 11.8 Å². The van der Waals surface area contributed by atoms with Crippen LogP contribution in [0.2, 0.25) is 10.0 Å². The Balaban J connectivity index is 2.67. The van der Waals surface area contributed by atoms with Crippen LogP contribution in [0.3, 0.4) is 0 Å². The lowest BCUT2D eigenvalue weighted by molar-refractivity contribution is -0.136. The zero-order valence-corrected chi connectivity index (χ0v) is 10.2. The van der Waals surface area contributed by atoms with E-state index in [0.29, 0.717) is 5.02 Å². The van der Waals surface area contributed by atoms with Crippen molar-refractivity contribution in [2.24, 2.45) is 0 Å². The summed E-state index contributed by atoms with van der Waals surface area (Å²) in [7, 11) is 0. The molecule has 3 N–H and O–H groups in total. The topological polar surface area (TPSA) is 78.4 Å². The lowest BCUT2D eigenvalue weighted by Gasteiger charge is -2.07. The summed E-state index contributed by atoms with van der Waals surface area (Å²) >= 11 is 11.5. The number of aliphatic hydroxyl groups is 1. The van der Waals surface area contributed by atoms with Gasteiger partial charge in [-0.3, -0.25) is 9.59 Å². The normalized spacial score (nSPS) is 9.82. The van der Waals surface area contributed by atoms with Crippen molar-refractivity contribution in [3.8, 4) is 0 Å². The summed E-state index contributed by atoms with van der Waals surface area (Å²) in [5, 5.41) is 13.7. The molecule has 0 radical (unpaired) electrons. The van der Waals surface area contributed by atoms with Crippen molar-refractivity contribution in [2.45, 2.75) is 0 Å². The van der Waals surface area contributed by atoms with Crippen molar-refractivity contribution in [1.82, 2.24) is 5.32 Å². The van der Waals surface area contributed by atoms with Crippen LogP contribution in [-0.2, 0) is 9.59 Å². The van der Waals surface area contributed by atoms with Crippen LogP contribution in [0.4, 0.5) is 5.69 Å². The van der Waals surface area contributed by atoms with Crippen LogP contribution in [0, 0.1) is 0 Å². The maximum Gasteiger partial charge on any atom is 0.313 e. The number of anilines is 1. The van der Waals surface area contributed by atoms with E-state index in [1.165, 1.54) is 12.1 Å². The molecule has 0 heterocycles. The van der Waals surface area contributed by atoms with Gasteiger partial charge in [-0.15, -0.1) is 0 Å². The summed E-state index contributed by atoms with van der Waals surface area (Å²) in [6, 6.07) is 4.50. The molecule has 0 unspecified atom stereocenters. The smallest absolute Gasteiger partial charge is 0.313 e. The van der Waals surface area contributed by atoms with Gasteiger partial charge in [-0.05, 0) is 18.2 Å². The molecule has 0 aliphatic rings. The van der Waals surface area contributed by atoms with Gasteiger partial charge in [0.2, 0.25) is 0 Å². The largest absolute Gasteiger partial charge is 0.395 e. The Bertz CT molecular complexity index is 438. The van der Waals surface area contributed by atoms with E-state index in [-0.39, 0.29) is 23.9 Å². The van der Waals surface area contributed by atoms with Crippen molar-refractivity contribution >= 4 is 40.7 Å². The molecule has 0 atom stereocenters. The van der Waals surface area contributed by atoms with Crippen molar-refractivity contribution in [3.05, 3.63) is 28.2 Å². The van der Waals surface area contributed by atoms with Gasteiger partial charge in [0.1, 0.15) is 0 Å². The van der Waals surface area contributed by atoms with E-state index in [0.717, 1.165) is 0 Å². The van der Waals surface area contributed by atoms with Crippen LogP contribution in [-0.4, -0.2) is 30.1 Å². The van der Waals surface area contributed by atoms with E-state index in [1.54, 1.807) is 6.07 Å². The second-order valence-electron chi connectivity index (χ2n) is 3.06. The molecule has 7 heteroatoms. The number of hydrogen-bond acceptors (Lipinski definition) is 3. The van der Waals surface area contributed by atoms with Crippen LogP contribution in [0.25, 0.3) is 0 Å². The van der Waals surface area contributed by atoms with Crippen LogP contribution < -0.4 is 10.6 Å². The van der Waals surface area contributed by atoms with Crippen molar-refractivity contribution in [2.75, 3.05) is 18.5 Å². The van der Waals surface area contributed by atoms with E-state index in [2.05, 4.69) is 10.6 Å². The molecule has 0 saturated carbocycles. The predicted octanol–water partition coefficient (Wildman–Crippen LogP) is 1.04. The predicted molar refractivity (Wildman–Crippen MR) is 65.2 cm³/mol. The molecule has 0 aliphatic carbocycles. The van der Waals surface area contributed by atoms with E-state index in [4.69, 9.17) is 28.3 Å². The standard InChI is InChI=1S/C10H10Cl2N2O3/c11-6-1-2-7(12)8(5-6)14-10(17)9(16)13-3-4-15/h1-2,5,15H,3-4H2,(H,13,16)(H,14,17). The Morgan fingerprint density at radius 3 is 2.59 bits per heavy atom. The number of aliphatic hydroxyl groups excluding tert-OH is 1. The third kappa shape index (κ3) is 4.22. The summed E-state index contributed by atoms with van der Waals surface area (Å²) in [5.41, 5.74) is 0.253. The summed E-state index contributed by atoms with van der Waals surface area (Å²) < 4.78 is 0. The van der Waals surface area contributed by atoms with Crippen molar-refractivity contribution < 1.29 is 14.7 Å². The van der Waals surface area contributed by atoms with Gasteiger partial charge in [-0.2, -0.15) is 0 Å². The lowest BCUT2D eigenvalue weighted by atomic mass is 10.3. The number of carbonyl (C=O) groups is 2. The van der Waals surface area contributed by atoms with E-state index >= 15 is 0 Å². The average Bonchev–Trinajstić information content (AvgIpc) is 2.30. The monoisotopic (exact) mass is 276 g/mol. The number of rotatable bonds is 3. The second-order valence-corrected chi connectivity index (χ2v) is 3.90. The molecule has 0 spiro atoms. The molecule has 17 heavy (non-hydrogen) atoms. The molecule has 1 aromatic carbocycles. The van der Waals surface area contributed by atoms with Crippen LogP contribution in [0.15, 0.2) is 18.2 Å². The number of benzene rings is 1. The van der Waals surface area contributed by atoms with E-state index in [1.807, 2.05) is 0 Å². The summed E-state index contributed by atoms with van der Waals surface area (Å²) in [5.74, 6) is -1.72. The molecule has 1 aromatic rings. The van der Waals surface area contributed by atoms with E-state index in [9.17, 15) is 9.59 Å². The molecule has 2 amide bonds. The van der Waals surface area contributed by atoms with Gasteiger partial charge in [0, 0.05) is 11.6 Å². The van der Waals surface area contributed by atoms with Gasteiger partial charge in [-0.1, -0.05) is 23.2 Å². The van der Waals surface area contributed by atoms with Gasteiger partial charge in [-0.25, -0.2) is 0 Å². The molecular weight excluding hydrogens is 267 g/mol. The van der Waals surface area contributed by atoms with Crippen molar-refractivity contribution in [3.63, 3.8) is 0 Å². The molecule has 0 saturated heterocycles. The fourth-order valence-electron chi connectivity index (χ4n) is 1.02. The molecule has 1 rings (SSSR count). The quantitative estimate of drug-likeness (QED) is 0.722. The Morgan fingerprint density at radius 1 is 1.24 bits per heavy atom. The summed E-state index contributed by atoms with van der Waals surface area (Å²) in [6.07, 6.45) is 0. The van der Waals surface area contributed by atoms with Gasteiger partial charge < -0.3 is 15.7 Å². The summed E-state index contributed by atoms with van der Waals surface area (Å²) in [6.45, 7) is -0.230. The van der Waals surface area contributed by atoms with Crippen LogP contribution in [0.5, 0.6) is 0 Å². The number of carbonyl (C=O) groups excluding carboxylic acids is 2. The maximum atomic E-state index is 11.4. The molecule has 5 nitrogen and oxygen atoms in total. The Morgan fingerprint density at radius 2 is 1.94 bits per heavy atom. The molecule has 0 aromatic heterocycles. The SMILES string of the molecule is O=C(NCCO)C(=O)Nc1cc(Cl)ccc1Cl. The summed E-state index contributed by atoms with van der Waals surface area (Å²) in [4.78, 5) is 22.6. The first kappa shape index (κ1) is 13.8. The third-order valence-corrected chi connectivity index (χ3v) is 2.34. The molecule has 92 valence electrons. The lowest BCUT2D eigenvalue weighted by Crippen LogP contribution is -2.36. The fraction of sp³-hybridized carbons (Fsp3) is 0.200. The minimum atomic E-state index is -0.873. The molecule has 0 aliphatic heterocycles. The second kappa shape index (κ2) is 6.44. The zero-order chi connectivity index (χ0) is 12.8. The highest BCUT2D eigenvalue weighted by atomic mass is 35.5. The number of nitrogens with one attached hydrogen (secondary N) is 2. The van der Waals surface area contributed by atoms with Gasteiger partial charge in [0.05, 0.1) is 17.3 Å². The maximum absolute atomic E-state index is 11.4. The van der Waals surface area contributed by atoms with Crippen molar-refractivity contribution in [1.29, 1.82) is 0 Å². The first-order chi connectivity index (χ1) is 8.04. The highest BCUT2D eigenvalue weighted by molar-refractivity contribution is 6.42. The number of halogens is 2. The minimum Gasteiger partial charge on any atom is -0.395 e. The first-order valence-corrected chi connectivity index (χ1v) is 5.45. The zero-order valence-electron chi connectivity index (χ0n) is 8.67.